The molecule has 2 unspecified atom stereocenters. The minimum atomic E-state index is -0.872. The Labute approximate surface area is 211 Å². The fourth-order valence-corrected chi connectivity index (χ4v) is 5.75. The second-order valence-electron chi connectivity index (χ2n) is 9.62. The highest BCUT2D eigenvalue weighted by molar-refractivity contribution is 6.18. The first-order valence-electron chi connectivity index (χ1n) is 12.4. The van der Waals surface area contributed by atoms with Crippen LogP contribution in [-0.4, -0.2) is 24.1 Å². The molecular formula is C32H28N2O2. The molecule has 0 amide bonds. The Kier molecular flexibility index (Phi) is 5.45. The lowest BCUT2D eigenvalue weighted by Gasteiger charge is -2.43. The van der Waals surface area contributed by atoms with Crippen LogP contribution in [0.4, 0.5) is 5.69 Å². The third-order valence-corrected chi connectivity index (χ3v) is 7.56. The summed E-state index contributed by atoms with van der Waals surface area (Å²) in [5.74, 6) is 0.674. The SMILES string of the molecule is COc1ccc(C2C(c3ccccc3)=NN(c3ccc(C)cc3)C23CCc2ccccc2C3=O)cc1. The highest BCUT2D eigenvalue weighted by Crippen LogP contribution is 2.51. The molecule has 1 heterocycles. The van der Waals surface area contributed by atoms with Crippen molar-refractivity contribution in [1.29, 1.82) is 0 Å². The lowest BCUT2D eigenvalue weighted by atomic mass is 9.65. The van der Waals surface area contributed by atoms with Crippen molar-refractivity contribution in [1.82, 2.24) is 0 Å². The molecule has 0 bridgehead atoms. The molecule has 2 atom stereocenters. The number of aryl methyl sites for hydroxylation is 2. The van der Waals surface area contributed by atoms with E-state index in [0.29, 0.717) is 6.42 Å². The van der Waals surface area contributed by atoms with Crippen molar-refractivity contribution in [2.45, 2.75) is 31.2 Å². The molecule has 1 aliphatic heterocycles. The van der Waals surface area contributed by atoms with Gasteiger partial charge in [-0.05, 0) is 60.7 Å². The lowest BCUT2D eigenvalue weighted by Crippen LogP contribution is -2.56. The number of methoxy groups -OCH3 is 1. The molecular weight excluding hydrogens is 444 g/mol. The highest BCUT2D eigenvalue weighted by Gasteiger charge is 2.59. The van der Waals surface area contributed by atoms with Crippen LogP contribution >= 0.6 is 0 Å². The van der Waals surface area contributed by atoms with Crippen molar-refractivity contribution in [3.8, 4) is 5.75 Å². The minimum absolute atomic E-state index is 0.125. The molecule has 1 aliphatic carbocycles. The first-order chi connectivity index (χ1) is 17.6. The molecule has 0 fully saturated rings. The Morgan fingerprint density at radius 1 is 0.861 bits per heavy atom. The van der Waals surface area contributed by atoms with Gasteiger partial charge in [0, 0.05) is 5.56 Å². The van der Waals surface area contributed by atoms with Gasteiger partial charge in [0.15, 0.2) is 5.78 Å². The van der Waals surface area contributed by atoms with Gasteiger partial charge in [0.05, 0.1) is 24.4 Å². The largest absolute Gasteiger partial charge is 0.497 e. The number of ketones is 1. The quantitative estimate of drug-likeness (QED) is 0.337. The van der Waals surface area contributed by atoms with Crippen LogP contribution in [0, 0.1) is 6.92 Å². The zero-order valence-corrected chi connectivity index (χ0v) is 20.5. The predicted molar refractivity (Wildman–Crippen MR) is 144 cm³/mol. The highest BCUT2D eigenvalue weighted by atomic mass is 16.5. The van der Waals surface area contributed by atoms with Gasteiger partial charge in [0.1, 0.15) is 11.3 Å². The van der Waals surface area contributed by atoms with E-state index in [2.05, 4.69) is 61.5 Å². The lowest BCUT2D eigenvalue weighted by molar-refractivity contribution is 0.0856. The van der Waals surface area contributed by atoms with Gasteiger partial charge in [-0.15, -0.1) is 0 Å². The van der Waals surface area contributed by atoms with Crippen molar-refractivity contribution in [2.24, 2.45) is 5.10 Å². The molecule has 6 rings (SSSR count). The monoisotopic (exact) mass is 472 g/mol. The Morgan fingerprint density at radius 2 is 1.56 bits per heavy atom. The number of Topliss-reactive ketones (excluding diaryl/α,β-unsaturated/α-hetero) is 1. The number of fused-ring (bicyclic) bond motifs is 1. The summed E-state index contributed by atoms with van der Waals surface area (Å²) in [5.41, 5.74) is 6.13. The summed E-state index contributed by atoms with van der Waals surface area (Å²) >= 11 is 0. The van der Waals surface area contributed by atoms with Crippen molar-refractivity contribution in [3.05, 3.63) is 131 Å². The standard InChI is InChI=1S/C32H28N2O2/c1-22-12-16-26(17-13-22)34-32(21-20-23-8-6-7-11-28(23)31(32)35)29(24-14-18-27(36-2)19-15-24)30(33-34)25-9-4-3-5-10-25/h3-19,29H,20-21H2,1-2H3. The number of hydrogen-bond acceptors (Lipinski definition) is 4. The molecule has 0 aromatic heterocycles. The Balaban J connectivity index is 1.61. The van der Waals surface area contributed by atoms with Crippen LogP contribution < -0.4 is 9.75 Å². The van der Waals surface area contributed by atoms with E-state index < -0.39 is 5.54 Å². The molecule has 0 N–H and O–H groups in total. The maximum absolute atomic E-state index is 14.6. The molecule has 0 saturated carbocycles. The molecule has 1 spiro atoms. The third-order valence-electron chi connectivity index (χ3n) is 7.56. The topological polar surface area (TPSA) is 41.9 Å². The predicted octanol–water partition coefficient (Wildman–Crippen LogP) is 6.58. The number of ether oxygens (including phenoxy) is 1. The number of hydrogen-bond donors (Lipinski definition) is 0. The fourth-order valence-electron chi connectivity index (χ4n) is 5.75. The van der Waals surface area contributed by atoms with Gasteiger partial charge in [0.2, 0.25) is 0 Å². The van der Waals surface area contributed by atoms with Crippen LogP contribution in [0.1, 0.15) is 45.0 Å². The van der Waals surface area contributed by atoms with E-state index in [0.717, 1.165) is 45.8 Å². The first kappa shape index (κ1) is 22.3. The number of rotatable bonds is 4. The van der Waals surface area contributed by atoms with Gasteiger partial charge in [-0.1, -0.05) is 84.4 Å². The van der Waals surface area contributed by atoms with Crippen LogP contribution in [0.3, 0.4) is 0 Å². The summed E-state index contributed by atoms with van der Waals surface area (Å²) in [7, 11) is 1.67. The molecule has 36 heavy (non-hydrogen) atoms. The molecule has 178 valence electrons. The maximum Gasteiger partial charge on any atom is 0.191 e. The summed E-state index contributed by atoms with van der Waals surface area (Å²) in [5, 5.41) is 7.27. The normalized spacial score (nSPS) is 20.8. The van der Waals surface area contributed by atoms with Crippen LogP contribution in [0.25, 0.3) is 0 Å². The van der Waals surface area contributed by atoms with Gasteiger partial charge >= 0.3 is 0 Å². The van der Waals surface area contributed by atoms with Crippen molar-refractivity contribution < 1.29 is 9.53 Å². The number of carbonyl (C=O) groups is 1. The van der Waals surface area contributed by atoms with Gasteiger partial charge < -0.3 is 4.74 Å². The molecule has 4 heteroatoms. The molecule has 0 radical (unpaired) electrons. The molecule has 4 aromatic rings. The second kappa shape index (κ2) is 8.80. The van der Waals surface area contributed by atoms with Gasteiger partial charge in [0.25, 0.3) is 0 Å². The van der Waals surface area contributed by atoms with E-state index in [4.69, 9.17) is 9.84 Å². The van der Waals surface area contributed by atoms with Gasteiger partial charge in [-0.25, -0.2) is 0 Å². The van der Waals surface area contributed by atoms with Gasteiger partial charge in [-0.2, -0.15) is 5.10 Å². The number of benzene rings is 4. The number of hydrazone groups is 1. The second-order valence-corrected chi connectivity index (χ2v) is 9.62. The number of carbonyl (C=O) groups excluding carboxylic acids is 1. The molecule has 0 saturated heterocycles. The smallest absolute Gasteiger partial charge is 0.191 e. The van der Waals surface area contributed by atoms with Crippen LogP contribution in [0.15, 0.2) is 108 Å². The van der Waals surface area contributed by atoms with Crippen LogP contribution in [0.2, 0.25) is 0 Å². The average molecular weight is 473 g/mol. The Bertz CT molecular complexity index is 1440. The summed E-state index contributed by atoms with van der Waals surface area (Å²) in [6.45, 7) is 2.07. The van der Waals surface area contributed by atoms with Crippen LogP contribution in [0.5, 0.6) is 5.75 Å². The van der Waals surface area contributed by atoms with Crippen molar-refractivity contribution >= 4 is 17.2 Å². The summed E-state index contributed by atoms with van der Waals surface area (Å²) in [6, 6.07) is 34.7. The third kappa shape index (κ3) is 3.44. The minimum Gasteiger partial charge on any atom is -0.497 e. The fraction of sp³-hybridized carbons (Fsp3) is 0.188. The Hall–Kier alpha value is -4.18. The van der Waals surface area contributed by atoms with E-state index in [1.165, 1.54) is 5.56 Å². The molecule has 4 aromatic carbocycles. The summed E-state index contributed by atoms with van der Waals surface area (Å²) in [4.78, 5) is 14.6. The van der Waals surface area contributed by atoms with Crippen molar-refractivity contribution in [2.75, 3.05) is 12.1 Å². The zero-order chi connectivity index (χ0) is 24.7. The van der Waals surface area contributed by atoms with E-state index in [-0.39, 0.29) is 11.7 Å². The number of anilines is 1. The van der Waals surface area contributed by atoms with Crippen LogP contribution in [-0.2, 0) is 6.42 Å². The number of nitrogens with zero attached hydrogens (tertiary/aromatic N) is 2. The summed E-state index contributed by atoms with van der Waals surface area (Å²) in [6.07, 6.45) is 1.49. The maximum atomic E-state index is 14.6. The van der Waals surface area contributed by atoms with E-state index >= 15 is 0 Å². The molecule has 2 aliphatic rings. The van der Waals surface area contributed by atoms with E-state index in [1.54, 1.807) is 7.11 Å². The van der Waals surface area contributed by atoms with Gasteiger partial charge in [-0.3, -0.25) is 9.80 Å². The van der Waals surface area contributed by atoms with Crippen molar-refractivity contribution in [3.63, 3.8) is 0 Å². The first-order valence-corrected chi connectivity index (χ1v) is 12.4. The average Bonchev–Trinajstić information content (AvgIpc) is 3.27. The Morgan fingerprint density at radius 3 is 2.28 bits per heavy atom. The summed E-state index contributed by atoms with van der Waals surface area (Å²) < 4.78 is 5.44. The van der Waals surface area contributed by atoms with E-state index in [9.17, 15) is 4.79 Å². The van der Waals surface area contributed by atoms with E-state index in [1.807, 2.05) is 53.5 Å². The zero-order valence-electron chi connectivity index (χ0n) is 20.5. The molecule has 4 nitrogen and oxygen atoms in total.